The minimum atomic E-state index is -0.612. The topological polar surface area (TPSA) is 109 Å². The summed E-state index contributed by atoms with van der Waals surface area (Å²) in [5, 5.41) is 23.1. The molecule has 1 amide bonds. The summed E-state index contributed by atoms with van der Waals surface area (Å²) in [6.45, 7) is 1.91. The Kier molecular flexibility index (Phi) is 6.95. The minimum absolute atomic E-state index is 0.141. The number of nitrogens with one attached hydrogen (secondary N) is 1. The molecule has 1 N–H and O–H groups in total. The van der Waals surface area contributed by atoms with E-state index in [2.05, 4.69) is 37.2 Å². The SMILES string of the molecule is Cc1cc(Br)c(NC(=O)/C(C#N)=C/c2ccc(-c3ccc([N+](=O)[O-])cc3Cl)o2)c(Br)c1. The van der Waals surface area contributed by atoms with Gasteiger partial charge in [-0.15, -0.1) is 0 Å². The van der Waals surface area contributed by atoms with E-state index in [9.17, 15) is 20.2 Å². The molecule has 10 heteroatoms. The van der Waals surface area contributed by atoms with Crippen LogP contribution >= 0.6 is 43.5 Å². The zero-order valence-corrected chi connectivity index (χ0v) is 19.7. The number of aryl methyl sites for hydroxylation is 1. The number of furan rings is 1. The van der Waals surface area contributed by atoms with Crippen LogP contribution in [0, 0.1) is 28.4 Å². The number of amides is 1. The maximum absolute atomic E-state index is 12.6. The van der Waals surface area contributed by atoms with Crippen LogP contribution in [-0.4, -0.2) is 10.8 Å². The Morgan fingerprint density at radius 2 is 1.90 bits per heavy atom. The number of nitriles is 1. The molecule has 0 aliphatic heterocycles. The predicted molar refractivity (Wildman–Crippen MR) is 125 cm³/mol. The maximum Gasteiger partial charge on any atom is 0.270 e. The van der Waals surface area contributed by atoms with Crippen LogP contribution in [0.5, 0.6) is 0 Å². The van der Waals surface area contributed by atoms with Gasteiger partial charge < -0.3 is 9.73 Å². The van der Waals surface area contributed by atoms with Crippen molar-refractivity contribution in [3.05, 3.63) is 83.4 Å². The zero-order chi connectivity index (χ0) is 22.7. The van der Waals surface area contributed by atoms with Gasteiger partial charge in [0.05, 0.1) is 15.6 Å². The standard InChI is InChI=1S/C21H12Br2ClN3O4/c1-11-6-16(22)20(17(23)7-11)26-21(28)12(10-25)8-14-3-5-19(31-14)15-4-2-13(27(29)30)9-18(15)24/h2-9H,1H3,(H,26,28)/b12-8+. The number of rotatable bonds is 5. The molecule has 0 bridgehead atoms. The summed E-state index contributed by atoms with van der Waals surface area (Å²) in [5.41, 5.74) is 1.62. The lowest BCUT2D eigenvalue weighted by atomic mass is 10.1. The number of benzene rings is 2. The molecule has 0 spiro atoms. The first-order chi connectivity index (χ1) is 14.7. The predicted octanol–water partition coefficient (Wildman–Crippen LogP) is 6.89. The smallest absolute Gasteiger partial charge is 0.270 e. The van der Waals surface area contributed by atoms with E-state index in [0.29, 0.717) is 26.0 Å². The third-order valence-corrected chi connectivity index (χ3v) is 5.70. The average molecular weight is 566 g/mol. The highest BCUT2D eigenvalue weighted by molar-refractivity contribution is 9.11. The first-order valence-corrected chi connectivity index (χ1v) is 10.6. The van der Waals surface area contributed by atoms with Gasteiger partial charge in [-0.2, -0.15) is 5.26 Å². The second kappa shape index (κ2) is 9.47. The monoisotopic (exact) mass is 563 g/mol. The molecular formula is C21H12Br2ClN3O4. The lowest BCUT2D eigenvalue weighted by molar-refractivity contribution is -0.384. The van der Waals surface area contributed by atoms with Gasteiger partial charge in [-0.1, -0.05) is 11.6 Å². The van der Waals surface area contributed by atoms with Gasteiger partial charge in [-0.25, -0.2) is 0 Å². The molecule has 3 rings (SSSR count). The molecule has 0 aliphatic rings. The second-order valence-electron chi connectivity index (χ2n) is 6.35. The largest absolute Gasteiger partial charge is 0.457 e. The fraction of sp³-hybridized carbons (Fsp3) is 0.0476. The Hall–Kier alpha value is -2.93. The molecule has 31 heavy (non-hydrogen) atoms. The van der Waals surface area contributed by atoms with E-state index < -0.39 is 10.8 Å². The summed E-state index contributed by atoms with van der Waals surface area (Å²) < 4.78 is 7.00. The Morgan fingerprint density at radius 1 is 1.23 bits per heavy atom. The van der Waals surface area contributed by atoms with Gasteiger partial charge in [-0.3, -0.25) is 14.9 Å². The molecule has 0 radical (unpaired) electrons. The molecular weight excluding hydrogens is 554 g/mol. The Balaban J connectivity index is 1.86. The summed E-state index contributed by atoms with van der Waals surface area (Å²) in [6, 6.07) is 12.7. The van der Waals surface area contributed by atoms with Crippen molar-refractivity contribution in [2.24, 2.45) is 0 Å². The molecule has 7 nitrogen and oxygen atoms in total. The number of non-ortho nitro benzene ring substituents is 1. The number of nitro benzene ring substituents is 1. The molecule has 156 valence electrons. The molecule has 1 heterocycles. The van der Waals surface area contributed by atoms with E-state index in [0.717, 1.165) is 5.56 Å². The third-order valence-electron chi connectivity index (χ3n) is 4.13. The van der Waals surface area contributed by atoms with Crippen LogP contribution in [0.4, 0.5) is 11.4 Å². The summed E-state index contributed by atoms with van der Waals surface area (Å²) in [4.78, 5) is 22.9. The number of carbonyl (C=O) groups is 1. The molecule has 0 aliphatic carbocycles. The van der Waals surface area contributed by atoms with E-state index in [-0.39, 0.29) is 22.0 Å². The Labute approximate surface area is 198 Å². The molecule has 0 unspecified atom stereocenters. The summed E-state index contributed by atoms with van der Waals surface area (Å²) in [7, 11) is 0. The first-order valence-electron chi connectivity index (χ1n) is 8.62. The number of nitrogens with zero attached hydrogens (tertiary/aromatic N) is 2. The number of halogens is 3. The number of hydrogen-bond acceptors (Lipinski definition) is 5. The van der Waals surface area contributed by atoms with Gasteiger partial charge in [0.1, 0.15) is 23.2 Å². The molecule has 0 saturated heterocycles. The highest BCUT2D eigenvalue weighted by atomic mass is 79.9. The number of hydrogen-bond donors (Lipinski definition) is 1. The van der Waals surface area contributed by atoms with Crippen LogP contribution < -0.4 is 5.32 Å². The highest BCUT2D eigenvalue weighted by Gasteiger charge is 2.16. The summed E-state index contributed by atoms with van der Waals surface area (Å²) in [6.07, 6.45) is 1.30. The van der Waals surface area contributed by atoms with Gasteiger partial charge in [0.2, 0.25) is 0 Å². The summed E-state index contributed by atoms with van der Waals surface area (Å²) >= 11 is 12.9. The molecule has 1 aromatic heterocycles. The van der Waals surface area contributed by atoms with E-state index in [4.69, 9.17) is 16.0 Å². The van der Waals surface area contributed by atoms with E-state index in [1.54, 1.807) is 12.1 Å². The zero-order valence-electron chi connectivity index (χ0n) is 15.8. The number of anilines is 1. The van der Waals surface area contributed by atoms with Crippen LogP contribution in [0.2, 0.25) is 5.02 Å². The average Bonchev–Trinajstić information content (AvgIpc) is 3.16. The van der Waals surface area contributed by atoms with Gasteiger partial charge in [0, 0.05) is 32.7 Å². The van der Waals surface area contributed by atoms with Crippen molar-refractivity contribution in [2.45, 2.75) is 6.92 Å². The van der Waals surface area contributed by atoms with Crippen molar-refractivity contribution in [3.8, 4) is 17.4 Å². The summed E-state index contributed by atoms with van der Waals surface area (Å²) in [5.74, 6) is -0.0231. The number of carbonyl (C=O) groups excluding carboxylic acids is 1. The van der Waals surface area contributed by atoms with E-state index in [1.807, 2.05) is 25.1 Å². The van der Waals surface area contributed by atoms with Gasteiger partial charge in [0.25, 0.3) is 11.6 Å². The van der Waals surface area contributed by atoms with Crippen molar-refractivity contribution in [1.29, 1.82) is 5.26 Å². The van der Waals surface area contributed by atoms with Crippen molar-refractivity contribution >= 4 is 66.8 Å². The molecule has 0 fully saturated rings. The highest BCUT2D eigenvalue weighted by Crippen LogP contribution is 2.34. The lowest BCUT2D eigenvalue weighted by Crippen LogP contribution is -2.14. The fourth-order valence-corrected chi connectivity index (χ4v) is 4.57. The third kappa shape index (κ3) is 5.22. The normalized spacial score (nSPS) is 11.1. The van der Waals surface area contributed by atoms with Gasteiger partial charge >= 0.3 is 0 Å². The lowest BCUT2D eigenvalue weighted by Gasteiger charge is -2.10. The van der Waals surface area contributed by atoms with Crippen molar-refractivity contribution in [2.75, 3.05) is 5.32 Å². The van der Waals surface area contributed by atoms with E-state index >= 15 is 0 Å². The molecule has 3 aromatic rings. The number of nitro groups is 1. The van der Waals surface area contributed by atoms with Crippen LogP contribution in [0.1, 0.15) is 11.3 Å². The fourth-order valence-electron chi connectivity index (χ4n) is 2.68. The Morgan fingerprint density at radius 3 is 2.48 bits per heavy atom. The van der Waals surface area contributed by atoms with E-state index in [1.165, 1.54) is 24.3 Å². The second-order valence-corrected chi connectivity index (χ2v) is 8.47. The van der Waals surface area contributed by atoms with Crippen LogP contribution in [0.15, 0.2) is 61.4 Å². The van der Waals surface area contributed by atoms with Crippen molar-refractivity contribution in [1.82, 2.24) is 0 Å². The van der Waals surface area contributed by atoms with Gasteiger partial charge in [0.15, 0.2) is 0 Å². The molecule has 0 atom stereocenters. The quantitative estimate of drug-likeness (QED) is 0.157. The molecule has 0 saturated carbocycles. The van der Waals surface area contributed by atoms with Gasteiger partial charge in [-0.05, 0) is 74.7 Å². The van der Waals surface area contributed by atoms with Crippen LogP contribution in [0.25, 0.3) is 17.4 Å². The van der Waals surface area contributed by atoms with Crippen molar-refractivity contribution in [3.63, 3.8) is 0 Å². The Bertz CT molecular complexity index is 1250. The van der Waals surface area contributed by atoms with Crippen LogP contribution in [0.3, 0.4) is 0 Å². The van der Waals surface area contributed by atoms with Crippen molar-refractivity contribution < 1.29 is 14.1 Å². The molecule has 2 aromatic carbocycles. The first kappa shape index (κ1) is 22.7. The van der Waals surface area contributed by atoms with Crippen LogP contribution in [-0.2, 0) is 4.79 Å². The minimum Gasteiger partial charge on any atom is -0.457 e. The maximum atomic E-state index is 12.6.